The average Bonchev–Trinajstić information content (AvgIpc) is 2.46. The van der Waals surface area contributed by atoms with Crippen molar-refractivity contribution in [2.45, 2.75) is 0 Å². The van der Waals surface area contributed by atoms with E-state index >= 15 is 0 Å². The first kappa shape index (κ1) is 13.1. The number of benzene rings is 2. The molecule has 0 saturated carbocycles. The van der Waals surface area contributed by atoms with Crippen LogP contribution in [0.2, 0.25) is 0 Å². The van der Waals surface area contributed by atoms with Crippen LogP contribution in [-0.2, 0) is 0 Å². The molecule has 0 spiro atoms. The van der Waals surface area contributed by atoms with Crippen LogP contribution >= 0.6 is 0 Å². The number of fused-ring (bicyclic) bond motifs is 1. The van der Waals surface area contributed by atoms with Crippen LogP contribution in [0.3, 0.4) is 0 Å². The molecule has 0 amide bonds. The van der Waals surface area contributed by atoms with Gasteiger partial charge in [0, 0.05) is 19.8 Å². The number of anilines is 4. The van der Waals surface area contributed by atoms with Crippen molar-refractivity contribution >= 4 is 34.3 Å². The highest BCUT2D eigenvalue weighted by Gasteiger charge is 2.06. The molecule has 6 heteroatoms. The summed E-state index contributed by atoms with van der Waals surface area (Å²) in [5.74, 6) is 1.14. The second-order valence-corrected chi connectivity index (χ2v) is 4.90. The number of nitrogen functional groups attached to an aromatic ring is 1. The average molecular weight is 280 g/mol. The number of hydrogen-bond acceptors (Lipinski definition) is 6. The number of rotatable bonds is 3. The first-order valence-electron chi connectivity index (χ1n) is 6.56. The fraction of sp³-hybridized carbons (Fsp3) is 0.133. The highest BCUT2D eigenvalue weighted by Crippen LogP contribution is 2.21. The summed E-state index contributed by atoms with van der Waals surface area (Å²) in [4.78, 5) is 14.3. The molecule has 0 unspecified atom stereocenters. The maximum absolute atomic E-state index is 5.71. The number of nitrogens with zero attached hydrogens (tertiary/aromatic N) is 4. The van der Waals surface area contributed by atoms with Gasteiger partial charge in [0.2, 0.25) is 17.8 Å². The normalized spacial score (nSPS) is 10.6. The van der Waals surface area contributed by atoms with Gasteiger partial charge in [-0.3, -0.25) is 0 Å². The molecule has 21 heavy (non-hydrogen) atoms. The smallest absolute Gasteiger partial charge is 0.233 e. The summed E-state index contributed by atoms with van der Waals surface area (Å²) in [6.45, 7) is 0. The third kappa shape index (κ3) is 2.84. The van der Waals surface area contributed by atoms with E-state index in [9.17, 15) is 0 Å². The van der Waals surface area contributed by atoms with Crippen LogP contribution in [0.15, 0.2) is 42.5 Å². The molecule has 0 saturated heterocycles. The van der Waals surface area contributed by atoms with Gasteiger partial charge in [0.05, 0.1) is 0 Å². The lowest BCUT2D eigenvalue weighted by molar-refractivity contribution is 0.969. The molecule has 0 aliphatic heterocycles. The Hall–Kier alpha value is -2.89. The SMILES string of the molecule is CN(C)c1nc(N)nc(Nc2ccc3ccccc3c2)n1. The highest BCUT2D eigenvalue weighted by molar-refractivity contribution is 5.86. The first-order valence-corrected chi connectivity index (χ1v) is 6.56. The molecule has 1 heterocycles. The molecular formula is C15H16N6. The van der Waals surface area contributed by atoms with Gasteiger partial charge in [-0.2, -0.15) is 15.0 Å². The van der Waals surface area contributed by atoms with Crippen molar-refractivity contribution in [3.05, 3.63) is 42.5 Å². The minimum atomic E-state index is 0.192. The lowest BCUT2D eigenvalue weighted by atomic mass is 10.1. The fourth-order valence-corrected chi connectivity index (χ4v) is 2.03. The standard InChI is InChI=1S/C15H16N6/c1-21(2)15-19-13(16)18-14(20-15)17-12-8-7-10-5-3-4-6-11(10)9-12/h3-9H,1-2H3,(H3,16,17,18,19,20). The minimum absolute atomic E-state index is 0.192. The van der Waals surface area contributed by atoms with Gasteiger partial charge < -0.3 is 16.0 Å². The molecule has 0 aliphatic carbocycles. The number of nitrogens with two attached hydrogens (primary N) is 1. The lowest BCUT2D eigenvalue weighted by Crippen LogP contribution is -2.15. The van der Waals surface area contributed by atoms with E-state index in [0.717, 1.165) is 11.1 Å². The maximum atomic E-state index is 5.71. The largest absolute Gasteiger partial charge is 0.368 e. The summed E-state index contributed by atoms with van der Waals surface area (Å²) in [5, 5.41) is 5.50. The maximum Gasteiger partial charge on any atom is 0.233 e. The Balaban J connectivity index is 1.94. The highest BCUT2D eigenvalue weighted by atomic mass is 15.3. The van der Waals surface area contributed by atoms with Crippen molar-refractivity contribution < 1.29 is 0 Å². The van der Waals surface area contributed by atoms with Crippen molar-refractivity contribution in [2.24, 2.45) is 0 Å². The summed E-state index contributed by atoms with van der Waals surface area (Å²) >= 11 is 0. The number of nitrogens with one attached hydrogen (secondary N) is 1. The zero-order valence-electron chi connectivity index (χ0n) is 11.9. The summed E-state index contributed by atoms with van der Waals surface area (Å²) in [6.07, 6.45) is 0. The van der Waals surface area contributed by atoms with Crippen LogP contribution in [0.5, 0.6) is 0 Å². The molecule has 0 atom stereocenters. The van der Waals surface area contributed by atoms with E-state index in [0.29, 0.717) is 11.9 Å². The van der Waals surface area contributed by atoms with Crippen molar-refractivity contribution in [2.75, 3.05) is 30.0 Å². The zero-order chi connectivity index (χ0) is 14.8. The number of aromatic nitrogens is 3. The van der Waals surface area contributed by atoms with Gasteiger partial charge in [0.25, 0.3) is 0 Å². The second-order valence-electron chi connectivity index (χ2n) is 4.90. The van der Waals surface area contributed by atoms with Gasteiger partial charge >= 0.3 is 0 Å². The fourth-order valence-electron chi connectivity index (χ4n) is 2.03. The quantitative estimate of drug-likeness (QED) is 0.767. The zero-order valence-corrected chi connectivity index (χ0v) is 11.9. The molecule has 1 aromatic heterocycles. The molecule has 2 aromatic carbocycles. The van der Waals surface area contributed by atoms with Gasteiger partial charge in [-0.1, -0.05) is 30.3 Å². The third-order valence-corrected chi connectivity index (χ3v) is 3.05. The third-order valence-electron chi connectivity index (χ3n) is 3.05. The van der Waals surface area contributed by atoms with Crippen LogP contribution in [0.1, 0.15) is 0 Å². The van der Waals surface area contributed by atoms with Gasteiger partial charge in [-0.05, 0) is 22.9 Å². The molecule has 3 N–H and O–H groups in total. The van der Waals surface area contributed by atoms with Crippen LogP contribution in [0, 0.1) is 0 Å². The number of hydrogen-bond donors (Lipinski definition) is 2. The van der Waals surface area contributed by atoms with Gasteiger partial charge in [0.15, 0.2) is 0 Å². The van der Waals surface area contributed by atoms with E-state index in [2.05, 4.69) is 38.5 Å². The van der Waals surface area contributed by atoms with E-state index in [1.807, 2.05) is 38.4 Å². The van der Waals surface area contributed by atoms with E-state index in [-0.39, 0.29) is 5.95 Å². The van der Waals surface area contributed by atoms with Crippen LogP contribution in [0.4, 0.5) is 23.5 Å². The molecular weight excluding hydrogens is 264 g/mol. The predicted molar refractivity (Wildman–Crippen MR) is 85.8 cm³/mol. The van der Waals surface area contributed by atoms with Crippen molar-refractivity contribution in [1.82, 2.24) is 15.0 Å². The van der Waals surface area contributed by atoms with Crippen LogP contribution < -0.4 is 16.0 Å². The molecule has 0 aliphatic rings. The molecule has 3 rings (SSSR count). The van der Waals surface area contributed by atoms with E-state index in [1.54, 1.807) is 4.90 Å². The summed E-state index contributed by atoms with van der Waals surface area (Å²) in [5.41, 5.74) is 6.62. The Kier molecular flexibility index (Phi) is 3.27. The Bertz CT molecular complexity index is 784. The van der Waals surface area contributed by atoms with Gasteiger partial charge in [0.1, 0.15) is 0 Å². The summed E-state index contributed by atoms with van der Waals surface area (Å²) < 4.78 is 0. The van der Waals surface area contributed by atoms with E-state index in [4.69, 9.17) is 5.73 Å². The van der Waals surface area contributed by atoms with Crippen molar-refractivity contribution in [1.29, 1.82) is 0 Å². The summed E-state index contributed by atoms with van der Waals surface area (Å²) in [7, 11) is 3.71. The lowest BCUT2D eigenvalue weighted by Gasteiger charge is -2.12. The van der Waals surface area contributed by atoms with E-state index in [1.165, 1.54) is 5.39 Å². The molecule has 3 aromatic rings. The summed E-state index contributed by atoms with van der Waals surface area (Å²) in [6, 6.07) is 14.2. The minimum Gasteiger partial charge on any atom is -0.368 e. The van der Waals surface area contributed by atoms with Crippen LogP contribution in [0.25, 0.3) is 10.8 Å². The van der Waals surface area contributed by atoms with Gasteiger partial charge in [-0.15, -0.1) is 0 Å². The molecule has 0 bridgehead atoms. The molecule has 106 valence electrons. The van der Waals surface area contributed by atoms with Gasteiger partial charge in [-0.25, -0.2) is 0 Å². The predicted octanol–water partition coefficient (Wildman–Crippen LogP) is 2.42. The molecule has 0 fully saturated rings. The Morgan fingerprint density at radius 2 is 1.71 bits per heavy atom. The topological polar surface area (TPSA) is 80.0 Å². The molecule has 0 radical (unpaired) electrons. The van der Waals surface area contributed by atoms with Crippen LogP contribution in [-0.4, -0.2) is 29.0 Å². The Labute approximate surface area is 122 Å². The second kappa shape index (κ2) is 5.24. The van der Waals surface area contributed by atoms with E-state index < -0.39 is 0 Å². The van der Waals surface area contributed by atoms with Crippen molar-refractivity contribution in [3.8, 4) is 0 Å². The Morgan fingerprint density at radius 1 is 0.952 bits per heavy atom. The Morgan fingerprint density at radius 3 is 2.48 bits per heavy atom. The van der Waals surface area contributed by atoms with Crippen molar-refractivity contribution in [3.63, 3.8) is 0 Å². The molecule has 6 nitrogen and oxygen atoms in total. The monoisotopic (exact) mass is 280 g/mol. The first-order chi connectivity index (χ1) is 10.1.